The Labute approximate surface area is 217 Å². The molecular formula is C27H26F4N6O. The number of carbonyl (C=O) groups is 1. The van der Waals surface area contributed by atoms with Gasteiger partial charge in [0.15, 0.2) is 5.82 Å². The molecule has 1 fully saturated rings. The fraction of sp³-hybridized carbons (Fsp3) is 0.370. The van der Waals surface area contributed by atoms with E-state index in [0.717, 1.165) is 11.6 Å². The third-order valence-corrected chi connectivity index (χ3v) is 7.18. The maximum absolute atomic E-state index is 14.5. The number of halogens is 4. The normalized spacial score (nSPS) is 16.5. The van der Waals surface area contributed by atoms with Gasteiger partial charge in [-0.05, 0) is 43.0 Å². The first kappa shape index (κ1) is 25.6. The number of nitrogens with zero attached hydrogens (tertiary/aromatic N) is 6. The van der Waals surface area contributed by atoms with Crippen LogP contribution < -0.4 is 9.80 Å². The molecular weight excluding hydrogens is 500 g/mol. The van der Waals surface area contributed by atoms with Gasteiger partial charge in [0.25, 0.3) is 0 Å². The molecule has 11 heteroatoms. The molecule has 2 aliphatic heterocycles. The lowest BCUT2D eigenvalue weighted by molar-refractivity contribution is -0.138. The van der Waals surface area contributed by atoms with Crippen LogP contribution in [0.25, 0.3) is 0 Å². The van der Waals surface area contributed by atoms with Gasteiger partial charge in [-0.15, -0.1) is 0 Å². The van der Waals surface area contributed by atoms with Gasteiger partial charge in [0.05, 0.1) is 30.4 Å². The predicted octanol–water partition coefficient (Wildman–Crippen LogP) is 5.48. The largest absolute Gasteiger partial charge is 0.416 e. The molecule has 0 bridgehead atoms. The lowest BCUT2D eigenvalue weighted by atomic mass is 10.00. The van der Waals surface area contributed by atoms with Crippen molar-refractivity contribution in [3.63, 3.8) is 0 Å². The van der Waals surface area contributed by atoms with E-state index < -0.39 is 17.8 Å². The first-order chi connectivity index (χ1) is 18.2. The second-order valence-corrected chi connectivity index (χ2v) is 9.61. The fourth-order valence-corrected chi connectivity index (χ4v) is 5.40. The molecule has 0 saturated carbocycles. The molecule has 3 heterocycles. The highest BCUT2D eigenvalue weighted by molar-refractivity contribution is 5.94. The summed E-state index contributed by atoms with van der Waals surface area (Å²) in [6.45, 7) is 2.81. The molecule has 2 aromatic carbocycles. The minimum absolute atomic E-state index is 0.0409. The number of carbonyl (C=O) groups excluding carboxylic acids is 1. The molecule has 0 aliphatic carbocycles. The van der Waals surface area contributed by atoms with Crippen LogP contribution >= 0.6 is 0 Å². The van der Waals surface area contributed by atoms with E-state index in [0.29, 0.717) is 37.2 Å². The summed E-state index contributed by atoms with van der Waals surface area (Å²) in [6, 6.07) is 11.5. The monoisotopic (exact) mass is 526 g/mol. The van der Waals surface area contributed by atoms with Gasteiger partial charge in [0.1, 0.15) is 12.4 Å². The van der Waals surface area contributed by atoms with Crippen LogP contribution in [0.1, 0.15) is 35.1 Å². The SMILES string of the molecule is Cc1cccc(F)c1N1CCC(N2Cc3cn(CC#N)nc3N(Cc3ccccc3C(F)(F)F)C2=O)CC1. The Morgan fingerprint density at radius 2 is 1.84 bits per heavy atom. The molecule has 2 amide bonds. The van der Waals surface area contributed by atoms with E-state index in [1.54, 1.807) is 17.2 Å². The first-order valence-electron chi connectivity index (χ1n) is 12.3. The van der Waals surface area contributed by atoms with Crippen LogP contribution in [0.15, 0.2) is 48.7 Å². The number of urea groups is 1. The number of nitriles is 1. The van der Waals surface area contributed by atoms with Crippen molar-refractivity contribution < 1.29 is 22.4 Å². The lowest BCUT2D eigenvalue weighted by Gasteiger charge is -2.43. The minimum atomic E-state index is -4.57. The Morgan fingerprint density at radius 3 is 2.53 bits per heavy atom. The molecule has 198 valence electrons. The number of hydrogen-bond acceptors (Lipinski definition) is 4. The van der Waals surface area contributed by atoms with E-state index in [1.807, 2.05) is 24.0 Å². The van der Waals surface area contributed by atoms with Crippen molar-refractivity contribution in [3.05, 3.63) is 76.7 Å². The molecule has 0 radical (unpaired) electrons. The number of para-hydroxylation sites is 1. The molecule has 2 aliphatic rings. The van der Waals surface area contributed by atoms with Crippen LogP contribution in [0.5, 0.6) is 0 Å². The summed E-state index contributed by atoms with van der Waals surface area (Å²) >= 11 is 0. The topological polar surface area (TPSA) is 68.4 Å². The van der Waals surface area contributed by atoms with Crippen molar-refractivity contribution in [1.82, 2.24) is 14.7 Å². The highest BCUT2D eigenvalue weighted by Gasteiger charge is 2.40. The fourth-order valence-electron chi connectivity index (χ4n) is 5.40. The summed E-state index contributed by atoms with van der Waals surface area (Å²) in [4.78, 5) is 18.7. The van der Waals surface area contributed by atoms with Gasteiger partial charge in [-0.25, -0.2) is 9.18 Å². The number of alkyl halides is 3. The van der Waals surface area contributed by atoms with Crippen molar-refractivity contribution in [2.45, 2.75) is 51.6 Å². The van der Waals surface area contributed by atoms with Gasteiger partial charge in [-0.3, -0.25) is 9.58 Å². The van der Waals surface area contributed by atoms with E-state index in [2.05, 4.69) is 5.10 Å². The third kappa shape index (κ3) is 4.78. The van der Waals surface area contributed by atoms with Gasteiger partial charge in [-0.2, -0.15) is 23.5 Å². The maximum atomic E-state index is 14.5. The van der Waals surface area contributed by atoms with Crippen molar-refractivity contribution in [2.24, 2.45) is 0 Å². The zero-order valence-electron chi connectivity index (χ0n) is 20.7. The van der Waals surface area contributed by atoms with Crippen molar-refractivity contribution in [1.29, 1.82) is 5.26 Å². The second-order valence-electron chi connectivity index (χ2n) is 9.61. The molecule has 7 nitrogen and oxygen atoms in total. The maximum Gasteiger partial charge on any atom is 0.416 e. The Bertz CT molecular complexity index is 1370. The average Bonchev–Trinajstić information content (AvgIpc) is 3.28. The molecule has 0 spiro atoms. The van der Waals surface area contributed by atoms with Gasteiger partial charge >= 0.3 is 12.2 Å². The predicted molar refractivity (Wildman–Crippen MR) is 133 cm³/mol. The van der Waals surface area contributed by atoms with Crippen LogP contribution in [-0.2, 0) is 25.8 Å². The summed E-state index contributed by atoms with van der Waals surface area (Å²) < 4.78 is 57.0. The molecule has 38 heavy (non-hydrogen) atoms. The molecule has 0 unspecified atom stereocenters. The quantitative estimate of drug-likeness (QED) is 0.413. The molecule has 1 saturated heterocycles. The van der Waals surface area contributed by atoms with E-state index in [-0.39, 0.29) is 42.9 Å². The number of hydrogen-bond donors (Lipinski definition) is 0. The lowest BCUT2D eigenvalue weighted by Crippen LogP contribution is -2.54. The number of aromatic nitrogens is 2. The summed E-state index contributed by atoms with van der Waals surface area (Å²) in [5, 5.41) is 13.5. The van der Waals surface area contributed by atoms with E-state index in [1.165, 1.54) is 33.8 Å². The van der Waals surface area contributed by atoms with Crippen molar-refractivity contribution >= 4 is 17.5 Å². The van der Waals surface area contributed by atoms with Gasteiger partial charge in [0, 0.05) is 30.9 Å². The Hall–Kier alpha value is -4.07. The number of aryl methyl sites for hydroxylation is 1. The smallest absolute Gasteiger partial charge is 0.369 e. The van der Waals surface area contributed by atoms with Crippen LogP contribution in [0.4, 0.5) is 33.9 Å². The zero-order chi connectivity index (χ0) is 27.0. The van der Waals surface area contributed by atoms with E-state index >= 15 is 0 Å². The Kier molecular flexibility index (Phi) is 6.73. The first-order valence-corrected chi connectivity index (χ1v) is 12.3. The number of rotatable bonds is 5. The summed E-state index contributed by atoms with van der Waals surface area (Å²) in [6.07, 6.45) is -1.75. The summed E-state index contributed by atoms with van der Waals surface area (Å²) in [5.41, 5.74) is 1.21. The van der Waals surface area contributed by atoms with Crippen LogP contribution in [0.3, 0.4) is 0 Å². The van der Waals surface area contributed by atoms with E-state index in [4.69, 9.17) is 5.26 Å². The van der Waals surface area contributed by atoms with E-state index in [9.17, 15) is 22.4 Å². The molecule has 3 aromatic rings. The number of piperidine rings is 1. The van der Waals surface area contributed by atoms with Crippen molar-refractivity contribution in [3.8, 4) is 6.07 Å². The highest BCUT2D eigenvalue weighted by Crippen LogP contribution is 2.37. The Balaban J connectivity index is 1.42. The van der Waals surface area contributed by atoms with Crippen LogP contribution in [0, 0.1) is 24.1 Å². The number of benzene rings is 2. The number of anilines is 2. The van der Waals surface area contributed by atoms with Gasteiger partial charge in [-0.1, -0.05) is 30.3 Å². The number of fused-ring (bicyclic) bond motifs is 1. The third-order valence-electron chi connectivity index (χ3n) is 7.18. The zero-order valence-corrected chi connectivity index (χ0v) is 20.7. The van der Waals surface area contributed by atoms with Gasteiger partial charge < -0.3 is 9.80 Å². The molecule has 5 rings (SSSR count). The van der Waals surface area contributed by atoms with Crippen LogP contribution in [-0.4, -0.2) is 39.8 Å². The van der Waals surface area contributed by atoms with Gasteiger partial charge in [0.2, 0.25) is 0 Å². The van der Waals surface area contributed by atoms with Crippen molar-refractivity contribution in [2.75, 3.05) is 22.9 Å². The van der Waals surface area contributed by atoms with Crippen LogP contribution in [0.2, 0.25) is 0 Å². The summed E-state index contributed by atoms with van der Waals surface area (Å²) in [7, 11) is 0. The number of amides is 2. The molecule has 1 aromatic heterocycles. The highest BCUT2D eigenvalue weighted by atomic mass is 19.4. The minimum Gasteiger partial charge on any atom is -0.369 e. The average molecular weight is 527 g/mol. The molecule has 0 N–H and O–H groups in total. The summed E-state index contributed by atoms with van der Waals surface area (Å²) in [5.74, 6) is -0.0283. The second kappa shape index (κ2) is 10.0. The Morgan fingerprint density at radius 1 is 1.11 bits per heavy atom. The standard InChI is InChI=1S/C27H26F4N6O/c1-18-5-4-8-23(28)24(18)34-12-9-21(10-13-34)36-17-20-15-35(14-11-32)33-25(20)37(26(36)38)16-19-6-2-3-7-22(19)27(29,30)31/h2-8,15,21H,9-10,12-14,16-17H2,1H3. The molecule has 0 atom stereocenters.